The van der Waals surface area contributed by atoms with Crippen molar-refractivity contribution in [2.24, 2.45) is 0 Å². The van der Waals surface area contributed by atoms with Crippen molar-refractivity contribution in [2.45, 2.75) is 56.7 Å². The zero-order chi connectivity index (χ0) is 26.1. The summed E-state index contributed by atoms with van der Waals surface area (Å²) >= 11 is 1.82. The first kappa shape index (κ1) is 25.4. The van der Waals surface area contributed by atoms with Crippen LogP contribution in [0, 0.1) is 11.6 Å². The van der Waals surface area contributed by atoms with Crippen LogP contribution in [0.4, 0.5) is 8.78 Å². The maximum atomic E-state index is 14.1. The van der Waals surface area contributed by atoms with Crippen molar-refractivity contribution >= 4 is 28.7 Å². The van der Waals surface area contributed by atoms with Gasteiger partial charge in [-0.2, -0.15) is 11.8 Å². The molecule has 1 aliphatic heterocycles. The van der Waals surface area contributed by atoms with Gasteiger partial charge in [0.25, 0.3) is 11.5 Å². The van der Waals surface area contributed by atoms with E-state index in [-0.39, 0.29) is 40.5 Å². The molecule has 0 bridgehead atoms. The number of carbonyl (C=O) groups is 1. The minimum atomic E-state index is -0.623. The summed E-state index contributed by atoms with van der Waals surface area (Å²) < 4.78 is 35.8. The van der Waals surface area contributed by atoms with E-state index in [0.29, 0.717) is 25.7 Å². The number of hydrogen-bond acceptors (Lipinski definition) is 6. The Kier molecular flexibility index (Phi) is 7.32. The third-order valence-corrected chi connectivity index (χ3v) is 8.34. The number of halogens is 2. The van der Waals surface area contributed by atoms with Gasteiger partial charge in [0.2, 0.25) is 0 Å². The number of rotatable bonds is 5. The van der Waals surface area contributed by atoms with Gasteiger partial charge in [0, 0.05) is 23.7 Å². The predicted octanol–water partition coefficient (Wildman–Crippen LogP) is 3.83. The lowest BCUT2D eigenvalue weighted by Crippen LogP contribution is -2.46. The molecule has 8 nitrogen and oxygen atoms in total. The number of benzene rings is 1. The Morgan fingerprint density at radius 2 is 1.73 bits per heavy atom. The van der Waals surface area contributed by atoms with E-state index < -0.39 is 28.8 Å². The van der Waals surface area contributed by atoms with Gasteiger partial charge in [-0.1, -0.05) is 0 Å². The van der Waals surface area contributed by atoms with Crippen LogP contribution in [0.5, 0.6) is 5.75 Å². The Hall–Kier alpha value is -3.21. The average Bonchev–Trinajstić information content (AvgIpc) is 2.90. The number of pyridine rings is 1. The molecule has 1 amide bonds. The molecule has 2 aromatic heterocycles. The van der Waals surface area contributed by atoms with Crippen molar-refractivity contribution in [2.75, 3.05) is 18.6 Å². The van der Waals surface area contributed by atoms with Crippen molar-refractivity contribution in [3.8, 4) is 5.75 Å². The summed E-state index contributed by atoms with van der Waals surface area (Å²) in [6.07, 6.45) is 4.67. The first-order chi connectivity index (χ1) is 17.9. The van der Waals surface area contributed by atoms with Gasteiger partial charge in [0.15, 0.2) is 11.6 Å². The fourth-order valence-electron chi connectivity index (χ4n) is 5.35. The van der Waals surface area contributed by atoms with Gasteiger partial charge in [-0.3, -0.25) is 18.7 Å². The number of nitrogens with zero attached hydrogens (tertiary/aromatic N) is 3. The Bertz CT molecular complexity index is 1440. The number of hydrogen-bond donors (Lipinski definition) is 1. The maximum absolute atomic E-state index is 14.1. The summed E-state index contributed by atoms with van der Waals surface area (Å²) in [6.45, 7) is 0. The molecular weight excluding hydrogens is 502 g/mol. The van der Waals surface area contributed by atoms with Gasteiger partial charge in [0.1, 0.15) is 11.5 Å². The molecule has 0 spiro atoms. The number of amides is 1. The molecule has 1 N–H and O–H groups in total. The van der Waals surface area contributed by atoms with Crippen molar-refractivity contribution in [1.82, 2.24) is 19.4 Å². The van der Waals surface area contributed by atoms with E-state index in [9.17, 15) is 23.2 Å². The number of nitrogens with one attached hydrogen (secondary N) is 1. The lowest BCUT2D eigenvalue weighted by Gasteiger charge is -2.31. The highest BCUT2D eigenvalue weighted by molar-refractivity contribution is 7.99. The molecule has 1 saturated heterocycles. The second kappa shape index (κ2) is 10.6. The number of ether oxygens (including phenoxy) is 1. The van der Waals surface area contributed by atoms with Crippen molar-refractivity contribution < 1.29 is 18.3 Å². The summed E-state index contributed by atoms with van der Waals surface area (Å²) in [5.41, 5.74) is -0.518. The normalized spacial score (nSPS) is 20.6. The van der Waals surface area contributed by atoms with Gasteiger partial charge < -0.3 is 10.1 Å². The molecule has 5 rings (SSSR count). The lowest BCUT2D eigenvalue weighted by atomic mass is 9.90. The molecule has 3 heterocycles. The largest absolute Gasteiger partial charge is 0.494 e. The SMILES string of the molecule is COc1ccc(C(=O)NC2CCC(n3c(=O)c4cc(F)cnc4n(C4CCSCC4)c3=O)CC2)cc1F. The van der Waals surface area contributed by atoms with Crippen LogP contribution in [0.1, 0.15) is 61.0 Å². The average molecular weight is 531 g/mol. The third kappa shape index (κ3) is 5.01. The zero-order valence-corrected chi connectivity index (χ0v) is 21.2. The molecule has 1 saturated carbocycles. The first-order valence-corrected chi connectivity index (χ1v) is 13.6. The van der Waals surface area contributed by atoms with Crippen molar-refractivity contribution in [3.63, 3.8) is 0 Å². The van der Waals surface area contributed by atoms with E-state index in [1.807, 2.05) is 11.8 Å². The quantitative estimate of drug-likeness (QED) is 0.539. The second-order valence-electron chi connectivity index (χ2n) is 9.52. The fourth-order valence-corrected chi connectivity index (χ4v) is 6.44. The van der Waals surface area contributed by atoms with E-state index >= 15 is 0 Å². The number of fused-ring (bicyclic) bond motifs is 1. The number of thioether (sulfide) groups is 1. The molecule has 2 fully saturated rings. The predicted molar refractivity (Wildman–Crippen MR) is 138 cm³/mol. The monoisotopic (exact) mass is 530 g/mol. The van der Waals surface area contributed by atoms with Crippen LogP contribution in [0.3, 0.4) is 0 Å². The molecule has 196 valence electrons. The van der Waals surface area contributed by atoms with E-state index in [2.05, 4.69) is 10.3 Å². The molecule has 1 aromatic carbocycles. The zero-order valence-electron chi connectivity index (χ0n) is 20.4. The molecule has 0 atom stereocenters. The Morgan fingerprint density at radius 1 is 1.03 bits per heavy atom. The van der Waals surface area contributed by atoms with E-state index in [4.69, 9.17) is 4.74 Å². The van der Waals surface area contributed by atoms with Gasteiger partial charge in [-0.15, -0.1) is 0 Å². The molecule has 37 heavy (non-hydrogen) atoms. The number of methoxy groups -OCH3 is 1. The summed E-state index contributed by atoms with van der Waals surface area (Å²) in [5, 5.41) is 3.03. The number of aromatic nitrogens is 3. The van der Waals surface area contributed by atoms with E-state index in [1.165, 1.54) is 23.8 Å². The van der Waals surface area contributed by atoms with Crippen LogP contribution in [-0.4, -0.2) is 44.7 Å². The van der Waals surface area contributed by atoms with Crippen LogP contribution in [0.15, 0.2) is 40.1 Å². The Morgan fingerprint density at radius 3 is 2.41 bits per heavy atom. The fraction of sp³-hybridized carbons (Fsp3) is 0.462. The van der Waals surface area contributed by atoms with Crippen LogP contribution in [0.2, 0.25) is 0 Å². The Balaban J connectivity index is 1.38. The smallest absolute Gasteiger partial charge is 0.333 e. The summed E-state index contributed by atoms with van der Waals surface area (Å²) in [6, 6.07) is 4.55. The standard InChI is InChI=1S/C26H28F2N4O4S/c1-36-22-7-2-15(12-21(22)28)24(33)30-17-3-5-18(6-4-17)32-25(34)20-13-16(27)14-29-23(20)31(26(32)35)19-8-10-37-11-9-19/h2,7,12-14,17-19H,3-6,8-11H2,1H3,(H,30,33). The van der Waals surface area contributed by atoms with Gasteiger partial charge >= 0.3 is 5.69 Å². The van der Waals surface area contributed by atoms with Crippen LogP contribution in [0.25, 0.3) is 11.0 Å². The molecule has 2 aliphatic rings. The van der Waals surface area contributed by atoms with Crippen molar-refractivity contribution in [1.29, 1.82) is 0 Å². The molecular formula is C26H28F2N4O4S. The third-order valence-electron chi connectivity index (χ3n) is 7.29. The van der Waals surface area contributed by atoms with E-state index in [0.717, 1.165) is 42.7 Å². The first-order valence-electron chi connectivity index (χ1n) is 12.4. The summed E-state index contributed by atoms with van der Waals surface area (Å²) in [4.78, 5) is 43.9. The minimum Gasteiger partial charge on any atom is -0.494 e. The van der Waals surface area contributed by atoms with Crippen molar-refractivity contribution in [3.05, 3.63) is 68.5 Å². The lowest BCUT2D eigenvalue weighted by molar-refractivity contribution is 0.0921. The van der Waals surface area contributed by atoms with Gasteiger partial charge in [-0.05, 0) is 74.3 Å². The van der Waals surface area contributed by atoms with E-state index in [1.54, 1.807) is 4.57 Å². The molecule has 1 aliphatic carbocycles. The highest BCUT2D eigenvalue weighted by Gasteiger charge is 2.30. The maximum Gasteiger partial charge on any atom is 0.333 e. The van der Waals surface area contributed by atoms with Crippen LogP contribution < -0.4 is 21.3 Å². The van der Waals surface area contributed by atoms with Crippen LogP contribution >= 0.6 is 11.8 Å². The topological polar surface area (TPSA) is 95.2 Å². The summed E-state index contributed by atoms with van der Waals surface area (Å²) in [7, 11) is 1.35. The molecule has 0 radical (unpaired) electrons. The summed E-state index contributed by atoms with van der Waals surface area (Å²) in [5.74, 6) is 0.233. The Labute approximate surface area is 216 Å². The molecule has 0 unspecified atom stereocenters. The van der Waals surface area contributed by atoms with Gasteiger partial charge in [-0.25, -0.2) is 18.6 Å². The van der Waals surface area contributed by atoms with Gasteiger partial charge in [0.05, 0.1) is 18.7 Å². The highest BCUT2D eigenvalue weighted by Crippen LogP contribution is 2.30. The molecule has 3 aromatic rings. The number of carbonyl (C=O) groups excluding carboxylic acids is 1. The second-order valence-corrected chi connectivity index (χ2v) is 10.7. The van der Waals surface area contributed by atoms with Crippen LogP contribution in [-0.2, 0) is 0 Å². The molecule has 11 heteroatoms. The highest BCUT2D eigenvalue weighted by atomic mass is 32.2. The minimum absolute atomic E-state index is 0.0607.